The van der Waals surface area contributed by atoms with Crippen molar-refractivity contribution in [2.75, 3.05) is 17.7 Å². The normalized spacial score (nSPS) is 16.3. The van der Waals surface area contributed by atoms with Crippen LogP contribution in [0.2, 0.25) is 5.02 Å². The van der Waals surface area contributed by atoms with Crippen molar-refractivity contribution < 1.29 is 9.53 Å². The number of rotatable bonds is 8. The Labute approximate surface area is 251 Å². The second-order valence-corrected chi connectivity index (χ2v) is 11.8. The molecule has 1 aliphatic carbocycles. The van der Waals surface area contributed by atoms with E-state index < -0.39 is 0 Å². The summed E-state index contributed by atoms with van der Waals surface area (Å²) in [5.74, 6) is 3.23. The van der Waals surface area contributed by atoms with Crippen LogP contribution in [-0.2, 0) is 4.79 Å². The standard InChI is InChI=1S/C28H36ClN5O.C4H10.CH2O/c1-17(2)35-26-15-22(20-10-12-21(30-5)13-11-20)19(4)14-25(26)33-28-31-16-23(29)27(34-28)32-24-9-7-6-8-18(24)3;1-4(2)3;1-2/h6-9,14-17,20-21,30H,10-13H2,1-5H3,(H2,31,32,33,34);4H,1-3H3;1H2. The number of nitrogens with zero attached hydrogens (tertiary/aromatic N) is 2. The van der Waals surface area contributed by atoms with Gasteiger partial charge in [0.05, 0.1) is 18.0 Å². The summed E-state index contributed by atoms with van der Waals surface area (Å²) in [7, 11) is 2.06. The molecule has 0 saturated heterocycles. The lowest BCUT2D eigenvalue weighted by molar-refractivity contribution is -0.0980. The van der Waals surface area contributed by atoms with Gasteiger partial charge in [-0.1, -0.05) is 50.6 Å². The van der Waals surface area contributed by atoms with Crippen molar-refractivity contribution in [3.05, 3.63) is 64.3 Å². The van der Waals surface area contributed by atoms with E-state index in [0.717, 1.165) is 28.6 Å². The van der Waals surface area contributed by atoms with E-state index >= 15 is 0 Å². The van der Waals surface area contributed by atoms with Gasteiger partial charge in [-0.3, -0.25) is 0 Å². The third-order valence-corrected chi connectivity index (χ3v) is 6.97. The maximum Gasteiger partial charge on any atom is 0.229 e. The number of anilines is 4. The van der Waals surface area contributed by atoms with Crippen molar-refractivity contribution in [1.82, 2.24) is 15.3 Å². The van der Waals surface area contributed by atoms with E-state index in [4.69, 9.17) is 21.1 Å². The predicted molar refractivity (Wildman–Crippen MR) is 173 cm³/mol. The van der Waals surface area contributed by atoms with Gasteiger partial charge in [0, 0.05) is 11.7 Å². The number of hydrogen-bond acceptors (Lipinski definition) is 7. The highest BCUT2D eigenvalue weighted by molar-refractivity contribution is 6.32. The molecule has 7 nitrogen and oxygen atoms in total. The second kappa shape index (κ2) is 16.9. The van der Waals surface area contributed by atoms with Crippen LogP contribution < -0.4 is 20.7 Å². The van der Waals surface area contributed by atoms with Gasteiger partial charge in [-0.2, -0.15) is 4.98 Å². The first-order chi connectivity index (χ1) is 19.6. The molecule has 41 heavy (non-hydrogen) atoms. The van der Waals surface area contributed by atoms with Gasteiger partial charge < -0.3 is 25.5 Å². The molecule has 0 amide bonds. The number of ether oxygens (including phenoxy) is 1. The molecule has 3 aromatic rings. The van der Waals surface area contributed by atoms with Crippen LogP contribution in [0.15, 0.2) is 42.6 Å². The zero-order valence-corrected chi connectivity index (χ0v) is 26.7. The Bertz CT molecular complexity index is 1220. The van der Waals surface area contributed by atoms with Crippen LogP contribution in [0.1, 0.15) is 82.9 Å². The van der Waals surface area contributed by atoms with Crippen LogP contribution in [0.3, 0.4) is 0 Å². The molecular weight excluding hydrogens is 534 g/mol. The number of hydrogen-bond donors (Lipinski definition) is 3. The van der Waals surface area contributed by atoms with E-state index in [2.05, 4.69) is 72.8 Å². The van der Waals surface area contributed by atoms with Gasteiger partial charge in [-0.15, -0.1) is 0 Å². The summed E-state index contributed by atoms with van der Waals surface area (Å²) < 4.78 is 6.24. The van der Waals surface area contributed by atoms with Crippen LogP contribution in [-0.4, -0.2) is 36.0 Å². The number of halogens is 1. The Balaban J connectivity index is 0.000000902. The summed E-state index contributed by atoms with van der Waals surface area (Å²) >= 11 is 6.41. The highest BCUT2D eigenvalue weighted by Gasteiger charge is 2.24. The Morgan fingerprint density at radius 3 is 2.15 bits per heavy atom. The van der Waals surface area contributed by atoms with Gasteiger partial charge in [-0.05, 0) is 107 Å². The molecule has 2 aromatic carbocycles. The third-order valence-electron chi connectivity index (χ3n) is 6.69. The topological polar surface area (TPSA) is 88.2 Å². The average Bonchev–Trinajstić information content (AvgIpc) is 2.94. The smallest absolute Gasteiger partial charge is 0.229 e. The molecule has 4 rings (SSSR count). The fourth-order valence-corrected chi connectivity index (χ4v) is 4.90. The van der Waals surface area contributed by atoms with Crippen molar-refractivity contribution >= 4 is 41.5 Å². The fourth-order valence-electron chi connectivity index (χ4n) is 4.76. The summed E-state index contributed by atoms with van der Waals surface area (Å²) in [4.78, 5) is 17.1. The molecule has 3 N–H and O–H groups in total. The monoisotopic (exact) mass is 581 g/mol. The highest BCUT2D eigenvalue weighted by atomic mass is 35.5. The second-order valence-electron chi connectivity index (χ2n) is 11.4. The quantitative estimate of drug-likeness (QED) is 0.245. The molecule has 1 aromatic heterocycles. The highest BCUT2D eigenvalue weighted by Crippen LogP contribution is 2.40. The first-order valence-electron chi connectivity index (χ1n) is 14.5. The Morgan fingerprint density at radius 2 is 1.56 bits per heavy atom. The number of carbonyl (C=O) groups excluding carboxylic acids is 1. The van der Waals surface area contributed by atoms with E-state index in [0.29, 0.717) is 28.7 Å². The van der Waals surface area contributed by atoms with Crippen LogP contribution in [0.4, 0.5) is 23.1 Å². The van der Waals surface area contributed by atoms with E-state index in [1.54, 1.807) is 6.20 Å². The Hall–Kier alpha value is -3.16. The Morgan fingerprint density at radius 1 is 0.927 bits per heavy atom. The molecule has 1 fully saturated rings. The molecule has 0 spiro atoms. The van der Waals surface area contributed by atoms with Crippen LogP contribution in [0, 0.1) is 19.8 Å². The molecular formula is C33H48ClN5O2. The molecule has 0 atom stereocenters. The predicted octanol–water partition coefficient (Wildman–Crippen LogP) is 8.74. The Kier molecular flexibility index (Phi) is 14.1. The van der Waals surface area contributed by atoms with E-state index in [9.17, 15) is 0 Å². The van der Waals surface area contributed by atoms with Crippen molar-refractivity contribution in [2.24, 2.45) is 5.92 Å². The van der Waals surface area contributed by atoms with Crippen molar-refractivity contribution in [1.29, 1.82) is 0 Å². The lowest BCUT2D eigenvalue weighted by Crippen LogP contribution is -2.29. The molecule has 0 aliphatic heterocycles. The van der Waals surface area contributed by atoms with Crippen molar-refractivity contribution in [3.63, 3.8) is 0 Å². The average molecular weight is 582 g/mol. The van der Waals surface area contributed by atoms with Gasteiger partial charge in [0.25, 0.3) is 0 Å². The summed E-state index contributed by atoms with van der Waals surface area (Å²) in [6, 6.07) is 13.0. The number of nitrogens with one attached hydrogen (secondary N) is 3. The van der Waals surface area contributed by atoms with Gasteiger partial charge >= 0.3 is 0 Å². The minimum Gasteiger partial charge on any atom is -0.489 e. The number of benzene rings is 2. The lowest BCUT2D eigenvalue weighted by atomic mass is 9.80. The van der Waals surface area contributed by atoms with Crippen molar-refractivity contribution in [3.8, 4) is 5.75 Å². The van der Waals surface area contributed by atoms with Gasteiger partial charge in [0.15, 0.2) is 5.82 Å². The maximum absolute atomic E-state index is 8.00. The van der Waals surface area contributed by atoms with Crippen LogP contribution in [0.25, 0.3) is 0 Å². The number of aromatic nitrogens is 2. The summed E-state index contributed by atoms with van der Waals surface area (Å²) in [5, 5.41) is 10.6. The molecule has 1 aliphatic rings. The number of aryl methyl sites for hydroxylation is 2. The minimum absolute atomic E-state index is 0.0514. The molecule has 0 bridgehead atoms. The van der Waals surface area contributed by atoms with E-state index in [1.165, 1.54) is 36.8 Å². The molecule has 224 valence electrons. The minimum atomic E-state index is 0.0514. The first-order valence-corrected chi connectivity index (χ1v) is 14.8. The summed E-state index contributed by atoms with van der Waals surface area (Å²) in [5.41, 5.74) is 5.55. The molecule has 1 saturated carbocycles. The summed E-state index contributed by atoms with van der Waals surface area (Å²) in [6.45, 7) is 16.8. The van der Waals surface area contributed by atoms with E-state index in [1.807, 2.05) is 51.8 Å². The van der Waals surface area contributed by atoms with Gasteiger partial charge in [0.1, 0.15) is 17.6 Å². The molecule has 1 heterocycles. The van der Waals surface area contributed by atoms with Gasteiger partial charge in [-0.25, -0.2) is 4.98 Å². The molecule has 0 radical (unpaired) electrons. The SMILES string of the molecule is C=O.CC(C)C.CNC1CCC(c2cc(OC(C)C)c(Nc3ncc(Cl)c(Nc4ccccc4C)n3)cc2C)CC1. The first kappa shape index (κ1) is 34.0. The summed E-state index contributed by atoms with van der Waals surface area (Å²) in [6.07, 6.45) is 6.45. The van der Waals surface area contributed by atoms with Crippen LogP contribution in [0.5, 0.6) is 5.75 Å². The lowest BCUT2D eigenvalue weighted by Gasteiger charge is -2.30. The number of carbonyl (C=O) groups is 1. The van der Waals surface area contributed by atoms with Crippen molar-refractivity contribution in [2.45, 2.75) is 92.2 Å². The third kappa shape index (κ3) is 10.6. The van der Waals surface area contributed by atoms with Crippen LogP contribution >= 0.6 is 11.6 Å². The zero-order chi connectivity index (χ0) is 30.5. The molecule has 8 heteroatoms. The van der Waals surface area contributed by atoms with E-state index in [-0.39, 0.29) is 6.10 Å². The van der Waals surface area contributed by atoms with Gasteiger partial charge in [0.2, 0.25) is 5.95 Å². The zero-order valence-electron chi connectivity index (χ0n) is 26.0. The molecule has 0 unspecified atom stereocenters. The number of para-hydroxylation sites is 1. The largest absolute Gasteiger partial charge is 0.489 e. The fraction of sp³-hybridized carbons (Fsp3) is 0.485. The maximum atomic E-state index is 8.00.